The van der Waals surface area contributed by atoms with E-state index in [0.717, 1.165) is 22.5 Å². The molecule has 0 atom stereocenters. The van der Waals surface area contributed by atoms with Gasteiger partial charge in [0, 0.05) is 25.0 Å². The summed E-state index contributed by atoms with van der Waals surface area (Å²) in [5.41, 5.74) is 9.65. The third-order valence-electron chi connectivity index (χ3n) is 5.25. The third-order valence-corrected chi connectivity index (χ3v) is 5.54. The predicted molar refractivity (Wildman–Crippen MR) is 120 cm³/mol. The average molecular weight is 420 g/mol. The molecule has 2 aromatic carbocycles. The maximum atomic E-state index is 6.52. The van der Waals surface area contributed by atoms with Crippen molar-refractivity contribution in [3.8, 4) is 11.5 Å². The Morgan fingerprint density at radius 2 is 2.03 bits per heavy atom. The van der Waals surface area contributed by atoms with Gasteiger partial charge in [0.15, 0.2) is 5.82 Å². The lowest BCUT2D eigenvalue weighted by Gasteiger charge is -2.12. The molecule has 1 aliphatic carbocycles. The van der Waals surface area contributed by atoms with Crippen molar-refractivity contribution in [2.45, 2.75) is 25.3 Å². The van der Waals surface area contributed by atoms with E-state index in [1.54, 1.807) is 6.33 Å². The van der Waals surface area contributed by atoms with Gasteiger partial charge < -0.3 is 20.4 Å². The standard InChI is InChI=1S/C23H22ClN5O/c24-19-13-17(28-23-22-20(26-14-27-23)8-10-29(22)11-9-25)6-7-21(19)30-18-3-1-2-16(12-18)15-4-5-15/h1-3,6-8,10,12-15H,4-5,9,11,25H2,(H,26,27,28). The van der Waals surface area contributed by atoms with Crippen LogP contribution in [0.5, 0.6) is 11.5 Å². The highest BCUT2D eigenvalue weighted by Crippen LogP contribution is 2.42. The van der Waals surface area contributed by atoms with E-state index in [9.17, 15) is 0 Å². The van der Waals surface area contributed by atoms with E-state index in [2.05, 4.69) is 27.4 Å². The van der Waals surface area contributed by atoms with Gasteiger partial charge in [-0.2, -0.15) is 0 Å². The van der Waals surface area contributed by atoms with Gasteiger partial charge in [0.25, 0.3) is 0 Å². The number of fused-ring (bicyclic) bond motifs is 1. The lowest BCUT2D eigenvalue weighted by atomic mass is 10.1. The SMILES string of the molecule is NCCn1ccc2ncnc(Nc3ccc(Oc4cccc(C5CC5)c4)c(Cl)c3)c21. The number of halogens is 1. The monoisotopic (exact) mass is 419 g/mol. The minimum atomic E-state index is 0.527. The molecule has 0 radical (unpaired) electrons. The summed E-state index contributed by atoms with van der Waals surface area (Å²) in [5, 5.41) is 3.87. The number of aromatic nitrogens is 3. The van der Waals surface area contributed by atoms with Crippen LogP contribution in [0.15, 0.2) is 61.1 Å². The lowest BCUT2D eigenvalue weighted by molar-refractivity contribution is 0.482. The summed E-state index contributed by atoms with van der Waals surface area (Å²) in [6.07, 6.45) is 6.03. The predicted octanol–water partition coefficient (Wildman–Crippen LogP) is 5.46. The van der Waals surface area contributed by atoms with Crippen molar-refractivity contribution in [3.63, 3.8) is 0 Å². The summed E-state index contributed by atoms with van der Waals surface area (Å²) >= 11 is 6.52. The zero-order valence-corrected chi connectivity index (χ0v) is 17.1. The summed E-state index contributed by atoms with van der Waals surface area (Å²) in [6, 6.07) is 15.8. The first-order chi connectivity index (χ1) is 14.7. The normalized spacial score (nSPS) is 13.5. The smallest absolute Gasteiger partial charge is 0.158 e. The Morgan fingerprint density at radius 1 is 1.13 bits per heavy atom. The number of nitrogens with two attached hydrogens (primary N) is 1. The summed E-state index contributed by atoms with van der Waals surface area (Å²) in [5.74, 6) is 2.81. The molecule has 7 heteroatoms. The number of benzene rings is 2. The van der Waals surface area contributed by atoms with Gasteiger partial charge in [-0.15, -0.1) is 0 Å². The number of nitrogens with zero attached hydrogens (tertiary/aromatic N) is 3. The highest BCUT2D eigenvalue weighted by Gasteiger charge is 2.23. The molecule has 2 heterocycles. The van der Waals surface area contributed by atoms with E-state index in [1.165, 1.54) is 18.4 Å². The highest BCUT2D eigenvalue weighted by molar-refractivity contribution is 6.32. The number of anilines is 2. The molecule has 4 aromatic rings. The molecule has 30 heavy (non-hydrogen) atoms. The molecular formula is C23H22ClN5O. The largest absolute Gasteiger partial charge is 0.456 e. The van der Waals surface area contributed by atoms with Crippen molar-refractivity contribution in [1.82, 2.24) is 14.5 Å². The number of ether oxygens (including phenoxy) is 1. The van der Waals surface area contributed by atoms with Gasteiger partial charge in [-0.25, -0.2) is 9.97 Å². The average Bonchev–Trinajstić information content (AvgIpc) is 3.52. The van der Waals surface area contributed by atoms with Crippen LogP contribution in [0, 0.1) is 0 Å². The Morgan fingerprint density at radius 3 is 2.83 bits per heavy atom. The van der Waals surface area contributed by atoms with E-state index < -0.39 is 0 Å². The molecule has 2 aromatic heterocycles. The molecular weight excluding hydrogens is 398 g/mol. The molecule has 1 aliphatic rings. The quantitative estimate of drug-likeness (QED) is 0.416. The van der Waals surface area contributed by atoms with Crippen LogP contribution in [0.3, 0.4) is 0 Å². The van der Waals surface area contributed by atoms with Gasteiger partial charge >= 0.3 is 0 Å². The Kier molecular flexibility index (Phi) is 5.02. The van der Waals surface area contributed by atoms with Crippen molar-refractivity contribution < 1.29 is 4.74 Å². The third kappa shape index (κ3) is 3.84. The van der Waals surface area contributed by atoms with Crippen LogP contribution in [-0.2, 0) is 6.54 Å². The second-order valence-corrected chi connectivity index (χ2v) is 7.88. The molecule has 5 rings (SSSR count). The molecule has 3 N–H and O–H groups in total. The molecule has 0 spiro atoms. The molecule has 1 fully saturated rings. The van der Waals surface area contributed by atoms with Crippen molar-refractivity contribution >= 4 is 34.1 Å². The van der Waals surface area contributed by atoms with Gasteiger partial charge in [0.1, 0.15) is 23.3 Å². The van der Waals surface area contributed by atoms with E-state index in [-0.39, 0.29) is 0 Å². The summed E-state index contributed by atoms with van der Waals surface area (Å²) in [7, 11) is 0. The van der Waals surface area contributed by atoms with Crippen LogP contribution in [0.1, 0.15) is 24.3 Å². The van der Waals surface area contributed by atoms with E-state index in [0.29, 0.717) is 35.6 Å². The van der Waals surface area contributed by atoms with Gasteiger partial charge in [0.2, 0.25) is 0 Å². The second kappa shape index (κ2) is 7.97. The van der Waals surface area contributed by atoms with Gasteiger partial charge in [0.05, 0.1) is 10.5 Å². The maximum absolute atomic E-state index is 6.52. The minimum absolute atomic E-state index is 0.527. The van der Waals surface area contributed by atoms with Crippen LogP contribution < -0.4 is 15.8 Å². The number of hydrogen-bond acceptors (Lipinski definition) is 5. The molecule has 1 saturated carbocycles. The Balaban J connectivity index is 1.38. The number of nitrogens with one attached hydrogen (secondary N) is 1. The topological polar surface area (TPSA) is 78.0 Å². The maximum Gasteiger partial charge on any atom is 0.158 e. The first-order valence-electron chi connectivity index (χ1n) is 10.1. The molecule has 0 amide bonds. The molecule has 152 valence electrons. The van der Waals surface area contributed by atoms with E-state index >= 15 is 0 Å². The Hall–Kier alpha value is -3.09. The van der Waals surface area contributed by atoms with Gasteiger partial charge in [-0.1, -0.05) is 23.7 Å². The second-order valence-electron chi connectivity index (χ2n) is 7.47. The molecule has 0 saturated heterocycles. The first kappa shape index (κ1) is 18.9. The van der Waals surface area contributed by atoms with Crippen LogP contribution in [0.4, 0.5) is 11.5 Å². The fourth-order valence-electron chi connectivity index (χ4n) is 3.62. The van der Waals surface area contributed by atoms with Crippen molar-refractivity contribution in [1.29, 1.82) is 0 Å². The number of hydrogen-bond donors (Lipinski definition) is 2. The molecule has 0 aliphatic heterocycles. The first-order valence-corrected chi connectivity index (χ1v) is 10.4. The fourth-order valence-corrected chi connectivity index (χ4v) is 3.84. The van der Waals surface area contributed by atoms with Crippen molar-refractivity contribution in [2.24, 2.45) is 5.73 Å². The lowest BCUT2D eigenvalue weighted by Crippen LogP contribution is -2.10. The van der Waals surface area contributed by atoms with E-state index in [4.69, 9.17) is 22.1 Å². The minimum Gasteiger partial charge on any atom is -0.456 e. The zero-order chi connectivity index (χ0) is 20.5. The fraction of sp³-hybridized carbons (Fsp3) is 0.217. The van der Waals surface area contributed by atoms with Crippen molar-refractivity contribution in [3.05, 3.63) is 71.6 Å². The number of rotatable bonds is 7. The zero-order valence-electron chi connectivity index (χ0n) is 16.4. The van der Waals surface area contributed by atoms with Crippen LogP contribution >= 0.6 is 11.6 Å². The summed E-state index contributed by atoms with van der Waals surface area (Å²) in [6.45, 7) is 1.23. The van der Waals surface area contributed by atoms with Gasteiger partial charge in [-0.05, 0) is 60.7 Å². The molecule has 0 unspecified atom stereocenters. The summed E-state index contributed by atoms with van der Waals surface area (Å²) in [4.78, 5) is 8.74. The van der Waals surface area contributed by atoms with Crippen molar-refractivity contribution in [2.75, 3.05) is 11.9 Å². The van der Waals surface area contributed by atoms with E-state index in [1.807, 2.05) is 47.2 Å². The Bertz CT molecular complexity index is 1200. The molecule has 0 bridgehead atoms. The van der Waals surface area contributed by atoms with Crippen LogP contribution in [-0.4, -0.2) is 21.1 Å². The van der Waals surface area contributed by atoms with Gasteiger partial charge in [-0.3, -0.25) is 0 Å². The van der Waals surface area contributed by atoms with Crippen LogP contribution in [0.2, 0.25) is 5.02 Å². The summed E-state index contributed by atoms with van der Waals surface area (Å²) < 4.78 is 8.08. The Labute approximate surface area is 179 Å². The highest BCUT2D eigenvalue weighted by atomic mass is 35.5. The van der Waals surface area contributed by atoms with Crippen LogP contribution in [0.25, 0.3) is 11.0 Å². The molecule has 6 nitrogen and oxygen atoms in total.